The summed E-state index contributed by atoms with van der Waals surface area (Å²) in [5.74, 6) is -0.174. The number of hydrogen-bond donors (Lipinski definition) is 0. The van der Waals surface area contributed by atoms with Gasteiger partial charge in [-0.2, -0.15) is 0 Å². The van der Waals surface area contributed by atoms with Crippen LogP contribution in [0.3, 0.4) is 0 Å². The van der Waals surface area contributed by atoms with Gasteiger partial charge < -0.3 is 4.90 Å². The summed E-state index contributed by atoms with van der Waals surface area (Å²) in [5, 5.41) is 14.0. The molecule has 10 rings (SSSR count). The van der Waals surface area contributed by atoms with E-state index in [0.29, 0.717) is 22.3 Å². The number of Topliss-reactive ketones (excluding diaryl/α,β-unsaturated/α-hetero) is 1. The molecule has 0 bridgehead atoms. The topological polar surface area (TPSA) is 48.5 Å². The van der Waals surface area contributed by atoms with E-state index < -0.39 is 0 Å². The zero-order chi connectivity index (χ0) is 43.4. The van der Waals surface area contributed by atoms with Crippen molar-refractivity contribution in [1.29, 1.82) is 5.26 Å². The zero-order valence-electron chi connectivity index (χ0n) is 33.8. The molecular formula is C55H33N3OS5. The van der Waals surface area contributed by atoms with Crippen molar-refractivity contribution < 1.29 is 4.79 Å². The second kappa shape index (κ2) is 18.3. The van der Waals surface area contributed by atoms with Gasteiger partial charge in [0.25, 0.3) is 5.70 Å². The van der Waals surface area contributed by atoms with Crippen molar-refractivity contribution in [2.45, 2.75) is 0 Å². The second-order valence-electron chi connectivity index (χ2n) is 14.7. The molecular weight excluding hydrogens is 879 g/mol. The molecule has 0 spiro atoms. The SMILES string of the molecule is [C-]#[N+]C(C#N)=C1C(=Cc2ccc(-c3ccc(N(c4ccc(-c5ccc(C=Cc6cccs6)s5)cc4)c4ccc(-c5ccc(C=Cc6cccs6)s5)cc4)cc3)s2)C(=O)c2ccccc21. The molecule has 5 heterocycles. The third-order valence-corrected chi connectivity index (χ3v) is 15.7. The number of nitrogens with zero attached hydrogens (tertiary/aromatic N) is 3. The lowest BCUT2D eigenvalue weighted by Crippen LogP contribution is -2.09. The molecule has 0 aliphatic heterocycles. The molecule has 4 nitrogen and oxygen atoms in total. The fraction of sp³-hybridized carbons (Fsp3) is 0. The molecule has 0 N–H and O–H groups in total. The van der Waals surface area contributed by atoms with Gasteiger partial charge in [-0.15, -0.1) is 56.7 Å². The van der Waals surface area contributed by atoms with E-state index in [0.717, 1.165) is 32.4 Å². The van der Waals surface area contributed by atoms with Gasteiger partial charge >= 0.3 is 0 Å². The van der Waals surface area contributed by atoms with E-state index >= 15 is 0 Å². The third kappa shape index (κ3) is 8.47. The van der Waals surface area contributed by atoms with Crippen molar-refractivity contribution in [2.75, 3.05) is 4.90 Å². The lowest BCUT2D eigenvalue weighted by molar-refractivity contribution is 0.104. The maximum Gasteiger partial charge on any atom is 0.270 e. The van der Waals surface area contributed by atoms with E-state index in [2.05, 4.69) is 172 Å². The molecule has 304 valence electrons. The molecule has 0 unspecified atom stereocenters. The summed E-state index contributed by atoms with van der Waals surface area (Å²) in [4.78, 5) is 28.6. The normalized spacial score (nSPS) is 13.7. The molecule has 5 aromatic heterocycles. The largest absolute Gasteiger partial charge is 0.311 e. The van der Waals surface area contributed by atoms with Crippen molar-refractivity contribution in [1.82, 2.24) is 0 Å². The third-order valence-electron chi connectivity index (χ3n) is 10.7. The molecule has 4 aromatic carbocycles. The Morgan fingerprint density at radius 2 is 0.953 bits per heavy atom. The highest BCUT2D eigenvalue weighted by atomic mass is 32.1. The minimum atomic E-state index is -0.174. The van der Waals surface area contributed by atoms with Crippen molar-refractivity contribution in [2.24, 2.45) is 0 Å². The van der Waals surface area contributed by atoms with E-state index in [-0.39, 0.29) is 11.5 Å². The number of hydrogen-bond acceptors (Lipinski definition) is 8. The fourth-order valence-electron chi connectivity index (χ4n) is 7.63. The van der Waals surface area contributed by atoms with Gasteiger partial charge in [0.05, 0.1) is 12.6 Å². The van der Waals surface area contributed by atoms with Gasteiger partial charge in [-0.1, -0.05) is 72.8 Å². The number of allylic oxidation sites excluding steroid dienone is 3. The molecule has 1 aliphatic carbocycles. The number of thiophene rings is 5. The maximum atomic E-state index is 13.5. The number of anilines is 3. The Balaban J connectivity index is 0.944. The molecule has 0 saturated carbocycles. The van der Waals surface area contributed by atoms with Gasteiger partial charge in [0.2, 0.25) is 0 Å². The van der Waals surface area contributed by atoms with Gasteiger partial charge in [-0.3, -0.25) is 4.79 Å². The quantitative estimate of drug-likeness (QED) is 0.0738. The zero-order valence-corrected chi connectivity index (χ0v) is 37.9. The van der Waals surface area contributed by atoms with Crippen molar-refractivity contribution in [3.05, 3.63) is 227 Å². The van der Waals surface area contributed by atoms with Crippen LogP contribution in [0.4, 0.5) is 17.1 Å². The second-order valence-corrected chi connectivity index (χ2v) is 20.0. The number of ketones is 1. The summed E-state index contributed by atoms with van der Waals surface area (Å²) in [6.45, 7) is 7.63. The van der Waals surface area contributed by atoms with Gasteiger partial charge in [0.1, 0.15) is 0 Å². The predicted octanol–water partition coefficient (Wildman–Crippen LogP) is 17.2. The van der Waals surface area contributed by atoms with Crippen molar-refractivity contribution in [3.8, 4) is 37.4 Å². The van der Waals surface area contributed by atoms with Crippen molar-refractivity contribution in [3.63, 3.8) is 0 Å². The number of carbonyl (C=O) groups excluding carboxylic acids is 1. The van der Waals surface area contributed by atoms with Crippen LogP contribution in [-0.4, -0.2) is 5.78 Å². The highest BCUT2D eigenvalue weighted by molar-refractivity contribution is 7.17. The van der Waals surface area contributed by atoms with Gasteiger partial charge in [0.15, 0.2) is 5.78 Å². The van der Waals surface area contributed by atoms with Crippen LogP contribution in [0.2, 0.25) is 0 Å². The molecule has 0 saturated heterocycles. The molecule has 64 heavy (non-hydrogen) atoms. The monoisotopic (exact) mass is 911 g/mol. The van der Waals surface area contributed by atoms with Crippen LogP contribution in [-0.2, 0) is 0 Å². The van der Waals surface area contributed by atoms with Crippen LogP contribution in [0.25, 0.3) is 72.1 Å². The van der Waals surface area contributed by atoms with Crippen LogP contribution in [0.15, 0.2) is 180 Å². The number of rotatable bonds is 11. The fourth-order valence-corrected chi connectivity index (χ4v) is 11.7. The van der Waals surface area contributed by atoms with Crippen LogP contribution >= 0.6 is 56.7 Å². The number of nitriles is 1. The Labute approximate surface area is 391 Å². The summed E-state index contributed by atoms with van der Waals surface area (Å²) >= 11 is 8.61. The number of carbonyl (C=O) groups is 1. The first-order chi connectivity index (χ1) is 31.5. The summed E-state index contributed by atoms with van der Waals surface area (Å²) in [6, 6.07) is 56.5. The first kappa shape index (κ1) is 40.8. The Bertz CT molecular complexity index is 3200. The van der Waals surface area contributed by atoms with Crippen LogP contribution in [0.1, 0.15) is 40.3 Å². The minimum Gasteiger partial charge on any atom is -0.311 e. The molecule has 0 amide bonds. The van der Waals surface area contributed by atoms with Crippen LogP contribution in [0.5, 0.6) is 0 Å². The van der Waals surface area contributed by atoms with E-state index in [9.17, 15) is 10.1 Å². The van der Waals surface area contributed by atoms with E-state index in [4.69, 9.17) is 6.57 Å². The summed E-state index contributed by atoms with van der Waals surface area (Å²) in [6.07, 6.45) is 10.5. The van der Waals surface area contributed by atoms with Gasteiger partial charge in [-0.25, -0.2) is 10.1 Å². The lowest BCUT2D eigenvalue weighted by Gasteiger charge is -2.26. The first-order valence-electron chi connectivity index (χ1n) is 20.2. The van der Waals surface area contributed by atoms with Gasteiger partial charge in [-0.05, 0) is 148 Å². The standard InChI is InChI=1S/C55H33N3OS5/c1-57-50(35-56)54-47-8-2-3-9-48(47)55(59)49(54)34-46-28-31-53(64-46)38-14-20-41(21-15-38)58(39-16-10-36(11-17-39)51-29-26-44(62-51)24-22-42-6-4-32-60-42)40-18-12-37(13-19-40)52-30-27-45(63-52)25-23-43-7-5-33-61-43/h2-34H. The number of fused-ring (bicyclic) bond motifs is 1. The Morgan fingerprint density at radius 3 is 1.39 bits per heavy atom. The van der Waals surface area contributed by atoms with Gasteiger partial charge in [0, 0.05) is 72.8 Å². The molecule has 0 fully saturated rings. The van der Waals surface area contributed by atoms with Crippen molar-refractivity contribution >= 4 is 115 Å². The Kier molecular flexibility index (Phi) is 11.6. The first-order valence-corrected chi connectivity index (χ1v) is 24.4. The average molecular weight is 912 g/mol. The minimum absolute atomic E-state index is 0.0807. The molecule has 9 aromatic rings. The van der Waals surface area contributed by atoms with E-state index in [1.807, 2.05) is 24.3 Å². The maximum absolute atomic E-state index is 13.5. The van der Waals surface area contributed by atoms with Crippen LogP contribution < -0.4 is 4.90 Å². The van der Waals surface area contributed by atoms with E-state index in [1.165, 1.54) is 40.4 Å². The average Bonchev–Trinajstić information content (AvgIpc) is 4.21. The van der Waals surface area contributed by atoms with Crippen LogP contribution in [0, 0.1) is 17.9 Å². The number of benzene rings is 4. The summed E-state index contributed by atoms with van der Waals surface area (Å²) < 4.78 is 0. The molecule has 1 aliphatic rings. The highest BCUT2D eigenvalue weighted by Crippen LogP contribution is 2.43. The molecule has 9 heteroatoms. The Morgan fingerprint density at radius 1 is 0.516 bits per heavy atom. The highest BCUT2D eigenvalue weighted by Gasteiger charge is 2.32. The Hall–Kier alpha value is -7.21. The lowest BCUT2D eigenvalue weighted by atomic mass is 10.0. The summed E-state index contributed by atoms with van der Waals surface area (Å²) in [5.41, 5.74) is 8.33. The smallest absolute Gasteiger partial charge is 0.270 e. The predicted molar refractivity (Wildman–Crippen MR) is 275 cm³/mol. The molecule has 0 atom stereocenters. The summed E-state index contributed by atoms with van der Waals surface area (Å²) in [7, 11) is 0. The molecule has 0 radical (unpaired) electrons. The van der Waals surface area contributed by atoms with E-state index in [1.54, 1.807) is 74.9 Å².